The lowest BCUT2D eigenvalue weighted by molar-refractivity contribution is -0.274. The Balaban J connectivity index is 1.80. The summed E-state index contributed by atoms with van der Waals surface area (Å²) in [6.45, 7) is 2.87. The normalized spacial score (nSPS) is 17.0. The number of rotatable bonds is 3. The van der Waals surface area contributed by atoms with Crippen LogP contribution in [0.1, 0.15) is 24.8 Å². The molecular formula is C18H18F3NO2. The van der Waals surface area contributed by atoms with Crippen LogP contribution >= 0.6 is 0 Å². The highest BCUT2D eigenvalue weighted by Gasteiger charge is 2.31. The van der Waals surface area contributed by atoms with Crippen molar-refractivity contribution in [1.82, 2.24) is 0 Å². The van der Waals surface area contributed by atoms with Gasteiger partial charge in [0.05, 0.1) is 6.61 Å². The van der Waals surface area contributed by atoms with Crippen molar-refractivity contribution in [3.8, 4) is 11.5 Å². The van der Waals surface area contributed by atoms with Gasteiger partial charge in [0, 0.05) is 24.5 Å². The second-order valence-corrected chi connectivity index (χ2v) is 5.86. The first-order valence-corrected chi connectivity index (χ1v) is 7.70. The molecule has 3 rings (SSSR count). The van der Waals surface area contributed by atoms with Gasteiger partial charge in [-0.25, -0.2) is 0 Å². The number of alkyl halides is 3. The number of anilines is 2. The van der Waals surface area contributed by atoms with Crippen LogP contribution < -0.4 is 14.4 Å². The lowest BCUT2D eigenvalue weighted by Gasteiger charge is -2.26. The van der Waals surface area contributed by atoms with Crippen molar-refractivity contribution in [2.24, 2.45) is 0 Å². The molecule has 0 saturated heterocycles. The van der Waals surface area contributed by atoms with Crippen LogP contribution in [0.3, 0.4) is 0 Å². The van der Waals surface area contributed by atoms with E-state index in [1.807, 2.05) is 30.1 Å². The number of fused-ring (bicyclic) bond motifs is 1. The maximum atomic E-state index is 12.2. The lowest BCUT2D eigenvalue weighted by Crippen LogP contribution is -2.17. The Hall–Kier alpha value is -2.37. The molecule has 1 atom stereocenters. The Kier molecular flexibility index (Phi) is 4.30. The van der Waals surface area contributed by atoms with Gasteiger partial charge >= 0.3 is 6.36 Å². The minimum Gasteiger partial charge on any atom is -0.493 e. The van der Waals surface area contributed by atoms with Gasteiger partial charge in [-0.3, -0.25) is 0 Å². The van der Waals surface area contributed by atoms with Crippen LogP contribution in [0.5, 0.6) is 11.5 Å². The van der Waals surface area contributed by atoms with Gasteiger partial charge in [0.25, 0.3) is 0 Å². The lowest BCUT2D eigenvalue weighted by atomic mass is 9.95. The molecule has 1 heterocycles. The number of benzene rings is 2. The highest BCUT2D eigenvalue weighted by Crippen LogP contribution is 2.37. The predicted octanol–water partition coefficient (Wildman–Crippen LogP) is 5.24. The van der Waals surface area contributed by atoms with Gasteiger partial charge in [-0.1, -0.05) is 13.0 Å². The van der Waals surface area contributed by atoms with E-state index >= 15 is 0 Å². The SMILES string of the molecule is CC1CCOc2cc(N(C)c3ccc(OC(F)(F)F)cc3)ccc21. The van der Waals surface area contributed by atoms with Crippen LogP contribution in [0.2, 0.25) is 0 Å². The zero-order valence-corrected chi connectivity index (χ0v) is 13.4. The van der Waals surface area contributed by atoms with Crippen molar-refractivity contribution in [3.05, 3.63) is 48.0 Å². The number of ether oxygens (including phenoxy) is 2. The fourth-order valence-electron chi connectivity index (χ4n) is 2.79. The summed E-state index contributed by atoms with van der Waals surface area (Å²) in [4.78, 5) is 1.89. The fourth-order valence-corrected chi connectivity index (χ4v) is 2.79. The minimum atomic E-state index is -4.68. The van der Waals surface area contributed by atoms with E-state index in [1.54, 1.807) is 12.1 Å². The molecule has 1 aliphatic rings. The van der Waals surface area contributed by atoms with Crippen molar-refractivity contribution < 1.29 is 22.6 Å². The van der Waals surface area contributed by atoms with Gasteiger partial charge in [0.1, 0.15) is 11.5 Å². The minimum absolute atomic E-state index is 0.234. The van der Waals surface area contributed by atoms with Gasteiger partial charge in [-0.2, -0.15) is 0 Å². The van der Waals surface area contributed by atoms with Crippen LogP contribution in [0.15, 0.2) is 42.5 Å². The molecule has 1 aliphatic heterocycles. The Bertz CT molecular complexity index is 713. The molecule has 0 aliphatic carbocycles. The highest BCUT2D eigenvalue weighted by atomic mass is 19.4. The van der Waals surface area contributed by atoms with Gasteiger partial charge < -0.3 is 14.4 Å². The second kappa shape index (κ2) is 6.26. The molecule has 0 N–H and O–H groups in total. The van der Waals surface area contributed by atoms with Gasteiger partial charge in [0.15, 0.2) is 0 Å². The average Bonchev–Trinajstić information content (AvgIpc) is 2.53. The van der Waals surface area contributed by atoms with E-state index in [9.17, 15) is 13.2 Å². The standard InChI is InChI=1S/C18H18F3NO2/c1-12-9-10-23-17-11-14(5-8-16(12)17)22(2)13-3-6-15(7-4-13)24-18(19,20)21/h3-8,11-12H,9-10H2,1-2H3. The summed E-state index contributed by atoms with van der Waals surface area (Å²) in [6.07, 6.45) is -3.68. The van der Waals surface area contributed by atoms with Crippen molar-refractivity contribution in [2.45, 2.75) is 25.6 Å². The fraction of sp³-hybridized carbons (Fsp3) is 0.333. The molecule has 0 saturated carbocycles. The van der Waals surface area contributed by atoms with Crippen molar-refractivity contribution in [3.63, 3.8) is 0 Å². The van der Waals surface area contributed by atoms with Crippen LogP contribution in [0.25, 0.3) is 0 Å². The van der Waals surface area contributed by atoms with Crippen LogP contribution in [-0.2, 0) is 0 Å². The molecule has 3 nitrogen and oxygen atoms in total. The molecule has 0 spiro atoms. The van der Waals surface area contributed by atoms with E-state index in [0.717, 1.165) is 23.5 Å². The number of nitrogens with zero attached hydrogens (tertiary/aromatic N) is 1. The van der Waals surface area contributed by atoms with Gasteiger partial charge in [0.2, 0.25) is 0 Å². The summed E-state index contributed by atoms with van der Waals surface area (Å²) < 4.78 is 46.2. The molecule has 128 valence electrons. The highest BCUT2D eigenvalue weighted by molar-refractivity contribution is 5.65. The average molecular weight is 337 g/mol. The molecule has 0 aromatic heterocycles. The zero-order chi connectivity index (χ0) is 17.3. The second-order valence-electron chi connectivity index (χ2n) is 5.86. The maximum Gasteiger partial charge on any atom is 0.573 e. The third-order valence-electron chi connectivity index (χ3n) is 4.18. The summed E-state index contributed by atoms with van der Waals surface area (Å²) in [7, 11) is 1.85. The molecule has 24 heavy (non-hydrogen) atoms. The molecular weight excluding hydrogens is 319 g/mol. The molecule has 2 aromatic carbocycles. The third-order valence-corrected chi connectivity index (χ3v) is 4.18. The van der Waals surface area contributed by atoms with E-state index in [4.69, 9.17) is 4.74 Å². The van der Waals surface area contributed by atoms with Crippen LogP contribution in [0.4, 0.5) is 24.5 Å². The topological polar surface area (TPSA) is 21.7 Å². The van der Waals surface area contributed by atoms with Crippen LogP contribution in [-0.4, -0.2) is 20.0 Å². The van der Waals surface area contributed by atoms with E-state index in [1.165, 1.54) is 17.7 Å². The zero-order valence-electron chi connectivity index (χ0n) is 13.4. The predicted molar refractivity (Wildman–Crippen MR) is 86.2 cm³/mol. The molecule has 0 amide bonds. The van der Waals surface area contributed by atoms with E-state index in [-0.39, 0.29) is 5.75 Å². The van der Waals surface area contributed by atoms with E-state index < -0.39 is 6.36 Å². The Labute approximate surface area is 138 Å². The largest absolute Gasteiger partial charge is 0.573 e. The van der Waals surface area contributed by atoms with E-state index in [0.29, 0.717) is 12.5 Å². The smallest absolute Gasteiger partial charge is 0.493 e. The summed E-state index contributed by atoms with van der Waals surface area (Å²) in [5.41, 5.74) is 2.85. The summed E-state index contributed by atoms with van der Waals surface area (Å²) in [6, 6.07) is 11.8. The first kappa shape index (κ1) is 16.5. The Morgan fingerprint density at radius 3 is 2.42 bits per heavy atom. The molecule has 0 radical (unpaired) electrons. The first-order chi connectivity index (χ1) is 11.3. The molecule has 2 aromatic rings. The number of hydrogen-bond acceptors (Lipinski definition) is 3. The Morgan fingerprint density at radius 2 is 1.75 bits per heavy atom. The maximum absolute atomic E-state index is 12.2. The number of hydrogen-bond donors (Lipinski definition) is 0. The quantitative estimate of drug-likeness (QED) is 0.764. The molecule has 0 fully saturated rings. The van der Waals surface area contributed by atoms with Crippen LogP contribution in [0, 0.1) is 0 Å². The Morgan fingerprint density at radius 1 is 1.08 bits per heavy atom. The van der Waals surface area contributed by atoms with Gasteiger partial charge in [-0.15, -0.1) is 13.2 Å². The van der Waals surface area contributed by atoms with Crippen molar-refractivity contribution in [2.75, 3.05) is 18.6 Å². The number of halogens is 3. The summed E-state index contributed by atoms with van der Waals surface area (Å²) in [5, 5.41) is 0. The van der Waals surface area contributed by atoms with Crippen molar-refractivity contribution >= 4 is 11.4 Å². The summed E-state index contributed by atoms with van der Waals surface area (Å²) >= 11 is 0. The summed E-state index contributed by atoms with van der Waals surface area (Å²) in [5.74, 6) is 1.10. The van der Waals surface area contributed by atoms with Gasteiger partial charge in [-0.05, 0) is 48.2 Å². The van der Waals surface area contributed by atoms with Crippen molar-refractivity contribution in [1.29, 1.82) is 0 Å². The molecule has 0 bridgehead atoms. The van der Waals surface area contributed by atoms with E-state index in [2.05, 4.69) is 11.7 Å². The first-order valence-electron chi connectivity index (χ1n) is 7.70. The molecule has 1 unspecified atom stereocenters. The molecule has 6 heteroatoms. The third kappa shape index (κ3) is 3.58. The monoisotopic (exact) mass is 337 g/mol.